The number of aryl methyl sites for hydroxylation is 1. The molecule has 2 rings (SSSR count). The van der Waals surface area contributed by atoms with Gasteiger partial charge in [0.15, 0.2) is 5.09 Å². The Bertz CT molecular complexity index is 740. The molecule has 1 aromatic rings. The Morgan fingerprint density at radius 1 is 1.52 bits per heavy atom. The van der Waals surface area contributed by atoms with Crippen molar-refractivity contribution < 1.29 is 18.7 Å². The van der Waals surface area contributed by atoms with Gasteiger partial charge in [-0.15, -0.1) is 0 Å². The molecule has 0 amide bonds. The number of carbonyl (C=O) groups is 1. The molecule has 1 aliphatic rings. The molecule has 2 heterocycles. The minimum Gasteiger partial charge on any atom is -0.466 e. The number of allylic oxidation sites excluding steroid dienone is 2. The number of hydrogen-bond acceptors (Lipinski definition) is 7. The van der Waals surface area contributed by atoms with Gasteiger partial charge in [-0.05, 0) is 25.7 Å². The number of nitrogens with two attached hydrogens (primary N) is 1. The minimum absolute atomic E-state index is 0.00653. The van der Waals surface area contributed by atoms with E-state index >= 15 is 0 Å². The van der Waals surface area contributed by atoms with Crippen molar-refractivity contribution in [2.75, 3.05) is 12.9 Å². The lowest BCUT2D eigenvalue weighted by Gasteiger charge is -2.25. The Labute approximate surface area is 138 Å². The molecular weight excluding hydrogens is 316 g/mol. The van der Waals surface area contributed by atoms with Crippen molar-refractivity contribution in [1.29, 1.82) is 5.26 Å². The zero-order valence-electron chi connectivity index (χ0n) is 13.4. The number of ether oxygens (including phenoxy) is 2. The number of methoxy groups -OCH3 is 1. The molecular formula is C16H18N2O4S. The van der Waals surface area contributed by atoms with Crippen LogP contribution in [0.15, 0.2) is 38.4 Å². The number of esters is 1. The maximum atomic E-state index is 12.2. The van der Waals surface area contributed by atoms with E-state index in [2.05, 4.69) is 0 Å². The van der Waals surface area contributed by atoms with E-state index in [0.717, 1.165) is 10.8 Å². The molecule has 1 aromatic heterocycles. The SMILES string of the molecule is CCSc1cc([C@H]2C(C#N)=C(N)OC(C)=C2C(=O)OC)c(C)o1. The lowest BCUT2D eigenvalue weighted by molar-refractivity contribution is -0.136. The van der Waals surface area contributed by atoms with Gasteiger partial charge in [0.25, 0.3) is 0 Å². The molecule has 2 N–H and O–H groups in total. The number of thioether (sulfide) groups is 1. The van der Waals surface area contributed by atoms with Crippen LogP contribution < -0.4 is 5.73 Å². The van der Waals surface area contributed by atoms with E-state index in [1.165, 1.54) is 18.9 Å². The number of rotatable bonds is 4. The molecule has 23 heavy (non-hydrogen) atoms. The topological polar surface area (TPSA) is 98.5 Å². The molecule has 0 fully saturated rings. The van der Waals surface area contributed by atoms with E-state index in [0.29, 0.717) is 17.1 Å². The highest BCUT2D eigenvalue weighted by molar-refractivity contribution is 7.99. The quantitative estimate of drug-likeness (QED) is 0.667. The molecule has 0 saturated carbocycles. The summed E-state index contributed by atoms with van der Waals surface area (Å²) in [5.74, 6) is 0.579. The van der Waals surface area contributed by atoms with Gasteiger partial charge in [-0.2, -0.15) is 5.26 Å². The second-order valence-corrected chi connectivity index (χ2v) is 6.16. The van der Waals surface area contributed by atoms with Gasteiger partial charge in [0.2, 0.25) is 5.88 Å². The summed E-state index contributed by atoms with van der Waals surface area (Å²) < 4.78 is 15.9. The lowest BCUT2D eigenvalue weighted by Crippen LogP contribution is -2.25. The second-order valence-electron chi connectivity index (χ2n) is 4.90. The number of furan rings is 1. The maximum absolute atomic E-state index is 12.2. The Morgan fingerprint density at radius 2 is 2.22 bits per heavy atom. The zero-order chi connectivity index (χ0) is 17.1. The molecule has 0 saturated heterocycles. The summed E-state index contributed by atoms with van der Waals surface area (Å²) in [4.78, 5) is 12.2. The van der Waals surface area contributed by atoms with Crippen LogP contribution in [0.2, 0.25) is 0 Å². The fourth-order valence-corrected chi connectivity index (χ4v) is 3.21. The lowest BCUT2D eigenvalue weighted by atomic mass is 9.83. The van der Waals surface area contributed by atoms with Crippen LogP contribution in [-0.2, 0) is 14.3 Å². The fraction of sp³-hybridized carbons (Fsp3) is 0.375. The third-order valence-electron chi connectivity index (χ3n) is 3.54. The van der Waals surface area contributed by atoms with E-state index in [4.69, 9.17) is 19.6 Å². The van der Waals surface area contributed by atoms with E-state index in [9.17, 15) is 10.1 Å². The van der Waals surface area contributed by atoms with Gasteiger partial charge >= 0.3 is 5.97 Å². The molecule has 1 atom stereocenters. The van der Waals surface area contributed by atoms with E-state index in [-0.39, 0.29) is 17.0 Å². The summed E-state index contributed by atoms with van der Waals surface area (Å²) >= 11 is 1.54. The first kappa shape index (κ1) is 17.0. The maximum Gasteiger partial charge on any atom is 0.338 e. The molecule has 0 unspecified atom stereocenters. The third kappa shape index (κ3) is 3.08. The Kier molecular flexibility index (Phi) is 5.06. The van der Waals surface area contributed by atoms with Crippen molar-refractivity contribution in [1.82, 2.24) is 0 Å². The van der Waals surface area contributed by atoms with Crippen LogP contribution in [0.5, 0.6) is 0 Å². The summed E-state index contributed by atoms with van der Waals surface area (Å²) in [7, 11) is 1.29. The average Bonchev–Trinajstić information content (AvgIpc) is 2.86. The molecule has 7 heteroatoms. The molecule has 6 nitrogen and oxygen atoms in total. The monoisotopic (exact) mass is 334 g/mol. The van der Waals surface area contributed by atoms with Crippen molar-refractivity contribution in [3.05, 3.63) is 40.2 Å². The molecule has 0 spiro atoms. The zero-order valence-corrected chi connectivity index (χ0v) is 14.2. The standard InChI is InChI=1S/C16H18N2O4S/c1-5-23-12-6-10(8(2)21-12)14-11(7-17)15(18)22-9(3)13(14)16(19)20-4/h6,14H,5,18H2,1-4H3/t14-/m0/s1. The molecule has 0 bridgehead atoms. The first-order valence-corrected chi connectivity index (χ1v) is 8.02. The smallest absolute Gasteiger partial charge is 0.338 e. The first-order valence-electron chi connectivity index (χ1n) is 7.04. The third-order valence-corrected chi connectivity index (χ3v) is 4.32. The fourth-order valence-electron chi connectivity index (χ4n) is 2.53. The van der Waals surface area contributed by atoms with Crippen LogP contribution in [0.3, 0.4) is 0 Å². The van der Waals surface area contributed by atoms with Gasteiger partial charge in [-0.1, -0.05) is 18.7 Å². The Morgan fingerprint density at radius 3 is 2.78 bits per heavy atom. The molecule has 122 valence electrons. The molecule has 0 radical (unpaired) electrons. The average molecular weight is 334 g/mol. The van der Waals surface area contributed by atoms with E-state index in [1.807, 2.05) is 19.1 Å². The van der Waals surface area contributed by atoms with Crippen molar-refractivity contribution in [3.8, 4) is 6.07 Å². The summed E-state index contributed by atoms with van der Waals surface area (Å²) in [6, 6.07) is 3.87. The predicted molar refractivity (Wildman–Crippen MR) is 85.2 cm³/mol. The Hall–Kier alpha value is -2.33. The van der Waals surface area contributed by atoms with E-state index in [1.54, 1.807) is 13.8 Å². The number of nitriles is 1. The van der Waals surface area contributed by atoms with E-state index < -0.39 is 11.9 Å². The van der Waals surface area contributed by atoms with Crippen LogP contribution in [0, 0.1) is 18.3 Å². The van der Waals surface area contributed by atoms with Crippen LogP contribution in [0.4, 0.5) is 0 Å². The highest BCUT2D eigenvalue weighted by atomic mass is 32.2. The van der Waals surface area contributed by atoms with Gasteiger partial charge in [-0.25, -0.2) is 4.79 Å². The molecule has 1 aliphatic heterocycles. The molecule has 0 aliphatic carbocycles. The van der Waals surface area contributed by atoms with Crippen LogP contribution >= 0.6 is 11.8 Å². The normalized spacial score (nSPS) is 17.8. The molecule has 0 aromatic carbocycles. The van der Waals surface area contributed by atoms with Gasteiger partial charge < -0.3 is 19.6 Å². The summed E-state index contributed by atoms with van der Waals surface area (Å²) in [6.45, 7) is 5.43. The van der Waals surface area contributed by atoms with Gasteiger partial charge in [0, 0.05) is 5.56 Å². The first-order chi connectivity index (χ1) is 10.9. The van der Waals surface area contributed by atoms with Crippen molar-refractivity contribution >= 4 is 17.7 Å². The van der Waals surface area contributed by atoms with Gasteiger partial charge in [0.05, 0.1) is 18.6 Å². The van der Waals surface area contributed by atoms with Crippen molar-refractivity contribution in [3.63, 3.8) is 0 Å². The number of hydrogen-bond donors (Lipinski definition) is 1. The highest BCUT2D eigenvalue weighted by Gasteiger charge is 2.38. The number of nitrogens with zero attached hydrogens (tertiary/aromatic N) is 1. The van der Waals surface area contributed by atoms with Gasteiger partial charge in [-0.3, -0.25) is 0 Å². The van der Waals surface area contributed by atoms with Crippen LogP contribution in [-0.4, -0.2) is 18.8 Å². The van der Waals surface area contributed by atoms with Crippen LogP contribution in [0.1, 0.15) is 31.1 Å². The predicted octanol–water partition coefficient (Wildman–Crippen LogP) is 2.95. The van der Waals surface area contributed by atoms with Crippen molar-refractivity contribution in [2.45, 2.75) is 31.8 Å². The summed E-state index contributed by atoms with van der Waals surface area (Å²) in [6.07, 6.45) is 0. The summed E-state index contributed by atoms with van der Waals surface area (Å²) in [5.41, 5.74) is 6.98. The second kappa shape index (κ2) is 6.84. The highest BCUT2D eigenvalue weighted by Crippen LogP contribution is 2.42. The summed E-state index contributed by atoms with van der Waals surface area (Å²) in [5, 5.41) is 10.2. The number of carbonyl (C=O) groups excluding carboxylic acids is 1. The van der Waals surface area contributed by atoms with Gasteiger partial charge in [0.1, 0.15) is 23.2 Å². The minimum atomic E-state index is -0.656. The largest absolute Gasteiger partial charge is 0.466 e. The van der Waals surface area contributed by atoms with Crippen molar-refractivity contribution in [2.24, 2.45) is 5.73 Å². The Balaban J connectivity index is 2.63. The van der Waals surface area contributed by atoms with Crippen LogP contribution in [0.25, 0.3) is 0 Å².